The number of hydrogen-bond acceptors (Lipinski definition) is 4. The van der Waals surface area contributed by atoms with Gasteiger partial charge >= 0.3 is 0 Å². The first-order valence-electron chi connectivity index (χ1n) is 7.82. The topological polar surface area (TPSA) is 64.6 Å². The van der Waals surface area contributed by atoms with Crippen LogP contribution < -0.4 is 9.46 Å². The first-order chi connectivity index (χ1) is 11.9. The summed E-state index contributed by atoms with van der Waals surface area (Å²) >= 11 is 6.03. The zero-order chi connectivity index (χ0) is 18.5. The molecule has 1 N–H and O–H groups in total. The summed E-state index contributed by atoms with van der Waals surface area (Å²) in [7, 11) is -0.687. The third kappa shape index (κ3) is 4.33. The van der Waals surface area contributed by atoms with Crippen LogP contribution in [0.3, 0.4) is 0 Å². The normalized spacial score (nSPS) is 14.1. The molecule has 0 unspecified atom stereocenters. The third-order valence-electron chi connectivity index (χ3n) is 4.24. The standard InChI is InChI=1S/C18H22ClNO4S/c1-4-18(24-3,14-8-6-5-7-9-14)13-20-25(21,22)15-10-11-17(23-2)16(19)12-15/h5-12,20H,4,13H2,1-3H3/t18-/m0/s1. The Morgan fingerprint density at radius 3 is 2.32 bits per heavy atom. The van der Waals surface area contributed by atoms with Crippen molar-refractivity contribution in [1.82, 2.24) is 4.72 Å². The van der Waals surface area contributed by atoms with E-state index in [0.29, 0.717) is 12.2 Å². The van der Waals surface area contributed by atoms with Crippen molar-refractivity contribution in [3.8, 4) is 5.75 Å². The van der Waals surface area contributed by atoms with Gasteiger partial charge in [0.1, 0.15) is 11.4 Å². The Morgan fingerprint density at radius 1 is 1.12 bits per heavy atom. The molecule has 0 radical (unpaired) electrons. The minimum atomic E-state index is -3.74. The van der Waals surface area contributed by atoms with Crippen LogP contribution in [0, 0.1) is 0 Å². The first kappa shape index (κ1) is 19.7. The molecule has 1 atom stereocenters. The molecule has 0 aliphatic heterocycles. The van der Waals surface area contributed by atoms with Gasteiger partial charge in [0.2, 0.25) is 10.0 Å². The Hall–Kier alpha value is -1.60. The van der Waals surface area contributed by atoms with Crippen LogP contribution in [0.2, 0.25) is 5.02 Å². The van der Waals surface area contributed by atoms with E-state index in [1.54, 1.807) is 7.11 Å². The summed E-state index contributed by atoms with van der Waals surface area (Å²) < 4.78 is 38.6. The van der Waals surface area contributed by atoms with Crippen LogP contribution in [0.15, 0.2) is 53.4 Å². The molecular formula is C18H22ClNO4S. The molecule has 0 aromatic heterocycles. The Bertz CT molecular complexity index is 805. The van der Waals surface area contributed by atoms with Gasteiger partial charge in [0.25, 0.3) is 0 Å². The molecule has 25 heavy (non-hydrogen) atoms. The summed E-state index contributed by atoms with van der Waals surface area (Å²) in [5.41, 5.74) is 0.167. The molecule has 0 spiro atoms. The van der Waals surface area contributed by atoms with E-state index in [1.165, 1.54) is 25.3 Å². The zero-order valence-electron chi connectivity index (χ0n) is 14.5. The van der Waals surface area contributed by atoms with Gasteiger partial charge in [0.15, 0.2) is 0 Å². The summed E-state index contributed by atoms with van der Waals surface area (Å²) in [6.07, 6.45) is 0.611. The predicted octanol–water partition coefficient (Wildman–Crippen LogP) is 3.58. The fourth-order valence-corrected chi connectivity index (χ4v) is 4.05. The van der Waals surface area contributed by atoms with Gasteiger partial charge in [-0.3, -0.25) is 0 Å². The highest BCUT2D eigenvalue weighted by atomic mass is 35.5. The lowest BCUT2D eigenvalue weighted by Crippen LogP contribution is -2.41. The number of halogens is 1. The van der Waals surface area contributed by atoms with Crippen LogP contribution in [0.5, 0.6) is 5.75 Å². The van der Waals surface area contributed by atoms with Crippen LogP contribution in [-0.2, 0) is 20.4 Å². The second kappa shape index (κ2) is 8.19. The maximum atomic E-state index is 12.6. The molecular weight excluding hydrogens is 362 g/mol. The van der Waals surface area contributed by atoms with Gasteiger partial charge < -0.3 is 9.47 Å². The number of rotatable bonds is 8. The molecule has 0 fully saturated rings. The number of methoxy groups -OCH3 is 2. The number of sulfonamides is 1. The maximum Gasteiger partial charge on any atom is 0.240 e. The monoisotopic (exact) mass is 383 g/mol. The van der Waals surface area contributed by atoms with Gasteiger partial charge in [-0.15, -0.1) is 0 Å². The molecule has 0 amide bonds. The number of benzene rings is 2. The fourth-order valence-electron chi connectivity index (χ4n) is 2.62. The molecule has 0 aliphatic rings. The minimum absolute atomic E-state index is 0.0764. The highest BCUT2D eigenvalue weighted by molar-refractivity contribution is 7.89. The van der Waals surface area contributed by atoms with Gasteiger partial charge in [-0.25, -0.2) is 13.1 Å². The summed E-state index contributed by atoms with van der Waals surface area (Å²) in [5, 5.41) is 0.238. The van der Waals surface area contributed by atoms with E-state index in [9.17, 15) is 8.42 Å². The van der Waals surface area contributed by atoms with Crippen molar-refractivity contribution in [3.05, 3.63) is 59.1 Å². The molecule has 0 heterocycles. The highest BCUT2D eigenvalue weighted by Gasteiger charge is 2.32. The largest absolute Gasteiger partial charge is 0.495 e. The number of ether oxygens (including phenoxy) is 2. The summed E-state index contributed by atoms with van der Waals surface area (Å²) in [4.78, 5) is 0.0764. The maximum absolute atomic E-state index is 12.6. The minimum Gasteiger partial charge on any atom is -0.495 e. The summed E-state index contributed by atoms with van der Waals surface area (Å²) in [6.45, 7) is 2.06. The molecule has 0 bridgehead atoms. The average Bonchev–Trinajstić information content (AvgIpc) is 2.64. The van der Waals surface area contributed by atoms with Gasteiger partial charge in [-0.05, 0) is 30.2 Å². The van der Waals surface area contributed by atoms with Crippen molar-refractivity contribution < 1.29 is 17.9 Å². The van der Waals surface area contributed by atoms with Gasteiger partial charge in [-0.2, -0.15) is 0 Å². The van der Waals surface area contributed by atoms with E-state index in [0.717, 1.165) is 5.56 Å². The van der Waals surface area contributed by atoms with Gasteiger partial charge in [0, 0.05) is 13.7 Å². The predicted molar refractivity (Wildman–Crippen MR) is 98.6 cm³/mol. The van der Waals surface area contributed by atoms with Crippen molar-refractivity contribution >= 4 is 21.6 Å². The lowest BCUT2D eigenvalue weighted by atomic mass is 9.91. The van der Waals surface area contributed by atoms with Gasteiger partial charge in [0.05, 0.1) is 17.0 Å². The molecule has 2 rings (SSSR count). The van der Waals surface area contributed by atoms with E-state index < -0.39 is 15.6 Å². The van der Waals surface area contributed by atoms with E-state index in [1.807, 2.05) is 37.3 Å². The fraction of sp³-hybridized carbons (Fsp3) is 0.333. The van der Waals surface area contributed by atoms with E-state index in [4.69, 9.17) is 21.1 Å². The Balaban J connectivity index is 2.26. The van der Waals surface area contributed by atoms with E-state index in [2.05, 4.69) is 4.72 Å². The van der Waals surface area contributed by atoms with Crippen molar-refractivity contribution in [1.29, 1.82) is 0 Å². The smallest absolute Gasteiger partial charge is 0.240 e. The quantitative estimate of drug-likeness (QED) is 0.756. The summed E-state index contributed by atoms with van der Waals surface area (Å²) in [6, 6.07) is 13.9. The first-order valence-corrected chi connectivity index (χ1v) is 9.68. The molecule has 0 saturated heterocycles. The summed E-state index contributed by atoms with van der Waals surface area (Å²) in [5.74, 6) is 0.421. The molecule has 136 valence electrons. The molecule has 2 aromatic carbocycles. The van der Waals surface area contributed by atoms with Crippen LogP contribution in [0.25, 0.3) is 0 Å². The lowest BCUT2D eigenvalue weighted by molar-refractivity contribution is -0.0133. The number of hydrogen-bond donors (Lipinski definition) is 1. The van der Waals surface area contributed by atoms with E-state index >= 15 is 0 Å². The van der Waals surface area contributed by atoms with Crippen LogP contribution >= 0.6 is 11.6 Å². The van der Waals surface area contributed by atoms with Crippen molar-refractivity contribution in [3.63, 3.8) is 0 Å². The van der Waals surface area contributed by atoms with E-state index in [-0.39, 0.29) is 16.5 Å². The third-order valence-corrected chi connectivity index (χ3v) is 5.94. The Morgan fingerprint density at radius 2 is 1.80 bits per heavy atom. The van der Waals surface area contributed by atoms with Crippen LogP contribution in [0.4, 0.5) is 0 Å². The lowest BCUT2D eigenvalue weighted by Gasteiger charge is -2.32. The molecule has 2 aromatic rings. The van der Waals surface area contributed by atoms with Crippen molar-refractivity contribution in [2.75, 3.05) is 20.8 Å². The Labute approximate surface area is 154 Å². The molecule has 5 nitrogen and oxygen atoms in total. The van der Waals surface area contributed by atoms with Crippen molar-refractivity contribution in [2.24, 2.45) is 0 Å². The van der Waals surface area contributed by atoms with Crippen LogP contribution in [0.1, 0.15) is 18.9 Å². The van der Waals surface area contributed by atoms with Gasteiger partial charge in [-0.1, -0.05) is 48.9 Å². The molecule has 0 aliphatic carbocycles. The molecule has 0 saturated carbocycles. The Kier molecular flexibility index (Phi) is 6.46. The average molecular weight is 384 g/mol. The number of nitrogens with one attached hydrogen (secondary N) is 1. The second-order valence-corrected chi connectivity index (χ2v) is 7.71. The second-order valence-electron chi connectivity index (χ2n) is 5.54. The SMILES string of the molecule is CC[C@@](CNS(=O)(=O)c1ccc(OC)c(Cl)c1)(OC)c1ccccc1. The molecule has 7 heteroatoms. The highest BCUT2D eigenvalue weighted by Crippen LogP contribution is 2.30. The van der Waals surface area contributed by atoms with Crippen LogP contribution in [-0.4, -0.2) is 29.2 Å². The zero-order valence-corrected chi connectivity index (χ0v) is 16.0. The van der Waals surface area contributed by atoms with Crippen molar-refractivity contribution in [2.45, 2.75) is 23.8 Å².